The number of carbonyl (C=O) groups excluding carboxylic acids is 1. The maximum absolute atomic E-state index is 11.8. The molecule has 0 unspecified atom stereocenters. The van der Waals surface area contributed by atoms with Crippen molar-refractivity contribution < 1.29 is 19.2 Å². The van der Waals surface area contributed by atoms with Gasteiger partial charge < -0.3 is 29.5 Å². The van der Waals surface area contributed by atoms with Gasteiger partial charge in [-0.3, -0.25) is 4.79 Å². The molecule has 0 bridgehead atoms. The van der Waals surface area contributed by atoms with Gasteiger partial charge in [0.25, 0.3) is 5.91 Å². The van der Waals surface area contributed by atoms with E-state index in [-0.39, 0.29) is 12.7 Å². The third-order valence-corrected chi connectivity index (χ3v) is 4.94. The molecule has 2 aliphatic rings. The lowest BCUT2D eigenvalue weighted by Gasteiger charge is -2.33. The number of nitrogens with one attached hydrogen (secondary N) is 2. The third kappa shape index (κ3) is 4.52. The topological polar surface area (TPSA) is 58.5 Å². The van der Waals surface area contributed by atoms with Crippen LogP contribution in [0.2, 0.25) is 0 Å². The summed E-state index contributed by atoms with van der Waals surface area (Å²) in [6.45, 7) is 5.07. The van der Waals surface area contributed by atoms with Gasteiger partial charge in [-0.2, -0.15) is 0 Å². The zero-order valence-electron chi connectivity index (χ0n) is 14.7. The summed E-state index contributed by atoms with van der Waals surface area (Å²) in [6.07, 6.45) is 0. The Balaban J connectivity index is 1.43. The molecule has 1 aromatic rings. The molecule has 2 heterocycles. The lowest BCUT2D eigenvalue weighted by molar-refractivity contribution is -0.896. The van der Waals surface area contributed by atoms with Crippen LogP contribution in [0.25, 0.3) is 0 Å². The summed E-state index contributed by atoms with van der Waals surface area (Å²) >= 11 is 5.51. The fraction of sp³-hybridized carbons (Fsp3) is 0.529. The van der Waals surface area contributed by atoms with Gasteiger partial charge in [0, 0.05) is 20.6 Å². The first-order valence-electron chi connectivity index (χ1n) is 8.48. The van der Waals surface area contributed by atoms with Crippen molar-refractivity contribution in [1.82, 2.24) is 15.1 Å². The molecule has 1 fully saturated rings. The number of carbonyl (C=O) groups is 1. The highest BCUT2D eigenvalue weighted by Crippen LogP contribution is 2.32. The number of likely N-dealkylation sites (N-methyl/N-ethyl adjacent to an activating group) is 1. The van der Waals surface area contributed by atoms with Crippen molar-refractivity contribution in [3.05, 3.63) is 23.8 Å². The van der Waals surface area contributed by atoms with Crippen molar-refractivity contribution >= 4 is 23.2 Å². The predicted molar refractivity (Wildman–Crippen MR) is 97.8 cm³/mol. The molecule has 0 spiro atoms. The third-order valence-electron chi connectivity index (χ3n) is 4.54. The van der Waals surface area contributed by atoms with Crippen LogP contribution in [0.1, 0.15) is 5.56 Å². The Bertz CT molecular complexity index is 645. The second-order valence-corrected chi connectivity index (χ2v) is 6.94. The second kappa shape index (κ2) is 7.88. The summed E-state index contributed by atoms with van der Waals surface area (Å²) in [4.78, 5) is 16.9. The average Bonchev–Trinajstić information content (AvgIpc) is 3.08. The smallest absolute Gasteiger partial charge is 0.277 e. The maximum Gasteiger partial charge on any atom is 0.277 e. The quantitative estimate of drug-likeness (QED) is 0.673. The van der Waals surface area contributed by atoms with Crippen LogP contribution in [-0.2, 0) is 11.3 Å². The zero-order chi connectivity index (χ0) is 17.8. The van der Waals surface area contributed by atoms with Gasteiger partial charge in [-0.05, 0) is 29.9 Å². The van der Waals surface area contributed by atoms with E-state index >= 15 is 0 Å². The molecule has 136 valence electrons. The Kier molecular flexibility index (Phi) is 5.60. The summed E-state index contributed by atoms with van der Waals surface area (Å²) in [5.41, 5.74) is 1.10. The number of amides is 1. The van der Waals surface area contributed by atoms with Gasteiger partial charge in [0.15, 0.2) is 23.2 Å². The summed E-state index contributed by atoms with van der Waals surface area (Å²) in [7, 11) is 3.60. The van der Waals surface area contributed by atoms with E-state index in [1.807, 2.05) is 18.2 Å². The van der Waals surface area contributed by atoms with Gasteiger partial charge in [-0.15, -0.1) is 0 Å². The first-order valence-corrected chi connectivity index (χ1v) is 8.89. The molecule has 0 atom stereocenters. The minimum atomic E-state index is 0.173. The zero-order valence-corrected chi connectivity index (χ0v) is 15.5. The largest absolute Gasteiger partial charge is 0.454 e. The maximum atomic E-state index is 11.8. The molecule has 1 amide bonds. The molecule has 1 saturated heterocycles. The Labute approximate surface area is 153 Å². The molecular weight excluding hydrogens is 340 g/mol. The van der Waals surface area contributed by atoms with Crippen LogP contribution in [0.4, 0.5) is 0 Å². The number of nitrogens with zero attached hydrogens (tertiary/aromatic N) is 2. The van der Waals surface area contributed by atoms with Gasteiger partial charge >= 0.3 is 0 Å². The minimum absolute atomic E-state index is 0.173. The molecule has 25 heavy (non-hydrogen) atoms. The standard InChI is InChI=1S/C17H24N4O3S/c1-19(2)16(22)11-20-5-7-21(8-6-20)17(25)18-10-13-3-4-14-15(9-13)24-12-23-14/h3-4,9H,5-8,10-12H2,1-2H3,(H,18,25)/p+1. The number of piperazine rings is 1. The molecule has 0 aromatic heterocycles. The van der Waals surface area contributed by atoms with Crippen LogP contribution in [0.5, 0.6) is 11.5 Å². The molecule has 0 aliphatic carbocycles. The Morgan fingerprint density at radius 2 is 2.00 bits per heavy atom. The van der Waals surface area contributed by atoms with Crippen LogP contribution < -0.4 is 19.7 Å². The second-order valence-electron chi connectivity index (χ2n) is 6.55. The Hall–Kier alpha value is -2.06. The van der Waals surface area contributed by atoms with E-state index in [0.717, 1.165) is 48.4 Å². The predicted octanol–water partition coefficient (Wildman–Crippen LogP) is -0.921. The van der Waals surface area contributed by atoms with Crippen molar-refractivity contribution in [1.29, 1.82) is 0 Å². The number of hydrogen-bond acceptors (Lipinski definition) is 4. The molecule has 0 radical (unpaired) electrons. The molecule has 0 saturated carbocycles. The molecule has 7 nitrogen and oxygen atoms in total. The first kappa shape index (κ1) is 17.8. The molecule has 3 rings (SSSR count). The van der Waals surface area contributed by atoms with E-state index in [0.29, 0.717) is 13.1 Å². The molecule has 2 aliphatic heterocycles. The van der Waals surface area contributed by atoms with Crippen molar-refractivity contribution in [2.45, 2.75) is 6.54 Å². The lowest BCUT2D eigenvalue weighted by Crippen LogP contribution is -3.15. The number of thiocarbonyl (C=S) groups is 1. The fourth-order valence-corrected chi connectivity index (χ4v) is 3.17. The molecule has 2 N–H and O–H groups in total. The minimum Gasteiger partial charge on any atom is -0.454 e. The highest BCUT2D eigenvalue weighted by Gasteiger charge is 2.24. The fourth-order valence-electron chi connectivity index (χ4n) is 2.92. The summed E-state index contributed by atoms with van der Waals surface area (Å²) in [6, 6.07) is 5.91. The van der Waals surface area contributed by atoms with Crippen LogP contribution >= 0.6 is 12.2 Å². The monoisotopic (exact) mass is 365 g/mol. The first-order chi connectivity index (χ1) is 12.0. The number of rotatable bonds is 4. The number of ether oxygens (including phenoxy) is 2. The number of hydrogen-bond donors (Lipinski definition) is 2. The van der Waals surface area contributed by atoms with Crippen LogP contribution in [0, 0.1) is 0 Å². The van der Waals surface area contributed by atoms with Crippen molar-refractivity contribution in [2.75, 3.05) is 53.6 Å². The van der Waals surface area contributed by atoms with E-state index in [4.69, 9.17) is 21.7 Å². The van der Waals surface area contributed by atoms with E-state index in [1.165, 1.54) is 4.90 Å². The van der Waals surface area contributed by atoms with E-state index < -0.39 is 0 Å². The van der Waals surface area contributed by atoms with Crippen LogP contribution in [0.3, 0.4) is 0 Å². The van der Waals surface area contributed by atoms with Gasteiger partial charge in [-0.25, -0.2) is 0 Å². The van der Waals surface area contributed by atoms with E-state index in [1.54, 1.807) is 19.0 Å². The van der Waals surface area contributed by atoms with Gasteiger partial charge in [0.2, 0.25) is 6.79 Å². The van der Waals surface area contributed by atoms with Crippen molar-refractivity contribution in [2.24, 2.45) is 0 Å². The van der Waals surface area contributed by atoms with Gasteiger partial charge in [0.05, 0.1) is 26.2 Å². The normalized spacial score (nSPS) is 16.6. The van der Waals surface area contributed by atoms with Crippen molar-refractivity contribution in [3.63, 3.8) is 0 Å². The summed E-state index contributed by atoms with van der Waals surface area (Å²) < 4.78 is 10.7. The van der Waals surface area contributed by atoms with Crippen molar-refractivity contribution in [3.8, 4) is 11.5 Å². The summed E-state index contributed by atoms with van der Waals surface area (Å²) in [5, 5.41) is 4.07. The lowest BCUT2D eigenvalue weighted by atomic mass is 10.2. The SMILES string of the molecule is CN(C)C(=O)C[NH+]1CCN(C(=S)NCc2ccc3c(c2)OCO3)CC1. The highest BCUT2D eigenvalue weighted by atomic mass is 32.1. The van der Waals surface area contributed by atoms with E-state index in [2.05, 4.69) is 10.2 Å². The average molecular weight is 365 g/mol. The Morgan fingerprint density at radius 3 is 2.72 bits per heavy atom. The number of fused-ring (bicyclic) bond motifs is 1. The van der Waals surface area contributed by atoms with Crippen LogP contribution in [-0.4, -0.2) is 74.4 Å². The number of quaternary nitrogens is 1. The molecule has 8 heteroatoms. The van der Waals surface area contributed by atoms with Crippen LogP contribution in [0.15, 0.2) is 18.2 Å². The summed E-state index contributed by atoms with van der Waals surface area (Å²) in [5.74, 6) is 1.75. The molecule has 1 aromatic carbocycles. The molecular formula is C17H25N4O3S+. The Morgan fingerprint density at radius 1 is 1.28 bits per heavy atom. The van der Waals surface area contributed by atoms with E-state index in [9.17, 15) is 4.79 Å². The van der Waals surface area contributed by atoms with Gasteiger partial charge in [0.1, 0.15) is 0 Å². The highest BCUT2D eigenvalue weighted by molar-refractivity contribution is 7.80. The van der Waals surface area contributed by atoms with Gasteiger partial charge in [-0.1, -0.05) is 6.07 Å². The number of benzene rings is 1.